The molecule has 5 nitrogen and oxygen atoms in total. The number of aliphatic hydroxyl groups is 1. The molecule has 0 spiro atoms. The number of rotatable bonds is 7. The number of carbonyl (C=O) groups is 3. The van der Waals surface area contributed by atoms with Crippen molar-refractivity contribution in [3.05, 3.63) is 71.3 Å². The van der Waals surface area contributed by atoms with Crippen molar-refractivity contribution >= 4 is 17.5 Å². The van der Waals surface area contributed by atoms with Gasteiger partial charge in [0.15, 0.2) is 5.78 Å². The summed E-state index contributed by atoms with van der Waals surface area (Å²) < 4.78 is 4.98. The third-order valence-electron chi connectivity index (χ3n) is 5.13. The summed E-state index contributed by atoms with van der Waals surface area (Å²) in [6.07, 6.45) is 7.55. The van der Waals surface area contributed by atoms with Gasteiger partial charge in [0.2, 0.25) is 0 Å². The molecular weight excluding hydrogens is 356 g/mol. The van der Waals surface area contributed by atoms with Crippen LogP contribution in [0.25, 0.3) is 0 Å². The summed E-state index contributed by atoms with van der Waals surface area (Å²) in [7, 11) is 0. The molecule has 2 aliphatic rings. The highest BCUT2D eigenvalue weighted by Crippen LogP contribution is 2.41. The second kappa shape index (κ2) is 8.48. The predicted molar refractivity (Wildman–Crippen MR) is 105 cm³/mol. The Balaban J connectivity index is 1.62. The lowest BCUT2D eigenvalue weighted by molar-refractivity contribution is -0.139. The molecule has 1 aromatic rings. The first kappa shape index (κ1) is 20.0. The summed E-state index contributed by atoms with van der Waals surface area (Å²) >= 11 is 0. The summed E-state index contributed by atoms with van der Waals surface area (Å²) in [5.41, 5.74) is 2.21. The maximum Gasteiger partial charge on any atom is 0.333 e. The zero-order valence-electron chi connectivity index (χ0n) is 15.9. The Morgan fingerprint density at radius 2 is 1.96 bits per heavy atom. The molecule has 0 amide bonds. The molecule has 3 unspecified atom stereocenters. The largest absolute Gasteiger partial charge is 0.462 e. The fourth-order valence-electron chi connectivity index (χ4n) is 3.64. The van der Waals surface area contributed by atoms with E-state index in [9.17, 15) is 19.5 Å². The van der Waals surface area contributed by atoms with Gasteiger partial charge in [-0.25, -0.2) is 4.79 Å². The molecule has 0 fully saturated rings. The number of ketones is 2. The van der Waals surface area contributed by atoms with Gasteiger partial charge < -0.3 is 9.84 Å². The van der Waals surface area contributed by atoms with Crippen molar-refractivity contribution in [2.75, 3.05) is 6.61 Å². The number of esters is 1. The molecule has 0 radical (unpaired) electrons. The highest BCUT2D eigenvalue weighted by Gasteiger charge is 2.39. The fraction of sp³-hybridized carbons (Fsp3) is 0.348. The summed E-state index contributed by atoms with van der Waals surface area (Å²) in [5, 5.41) is 10.7. The first-order valence-corrected chi connectivity index (χ1v) is 9.43. The molecule has 1 aromatic carbocycles. The van der Waals surface area contributed by atoms with Crippen LogP contribution in [0.4, 0.5) is 0 Å². The third-order valence-corrected chi connectivity index (χ3v) is 5.13. The normalized spacial score (nSPS) is 22.4. The molecular formula is C23H24O5. The summed E-state index contributed by atoms with van der Waals surface area (Å²) in [5.74, 6) is -1.03. The van der Waals surface area contributed by atoms with Gasteiger partial charge in [0.1, 0.15) is 5.78 Å². The van der Waals surface area contributed by atoms with Crippen LogP contribution in [0, 0.1) is 11.8 Å². The van der Waals surface area contributed by atoms with Crippen LogP contribution in [0.1, 0.15) is 47.4 Å². The highest BCUT2D eigenvalue weighted by atomic mass is 16.5. The van der Waals surface area contributed by atoms with Crippen molar-refractivity contribution in [1.29, 1.82) is 0 Å². The molecule has 0 heterocycles. The second-order valence-electron chi connectivity index (χ2n) is 7.34. The maximum absolute atomic E-state index is 12.7. The van der Waals surface area contributed by atoms with Crippen molar-refractivity contribution in [1.82, 2.24) is 0 Å². The molecule has 1 N–H and O–H groups in total. The number of allylic oxidation sites excluding steroid dienone is 3. The molecule has 0 saturated carbocycles. The number of Topliss-reactive ketones (excluding diaryl/α,β-unsaturated/α-hetero) is 2. The number of ether oxygens (including phenoxy) is 1. The molecule has 2 aliphatic carbocycles. The van der Waals surface area contributed by atoms with Gasteiger partial charge in [-0.15, -0.1) is 0 Å². The van der Waals surface area contributed by atoms with E-state index in [1.54, 1.807) is 25.1 Å². The summed E-state index contributed by atoms with van der Waals surface area (Å²) in [6.45, 7) is 5.25. The van der Waals surface area contributed by atoms with E-state index < -0.39 is 12.1 Å². The van der Waals surface area contributed by atoms with Gasteiger partial charge >= 0.3 is 5.97 Å². The topological polar surface area (TPSA) is 80.7 Å². The SMILES string of the molecule is C=C(C)C(=O)OCCCC(=O)Cc1ccc2c(c1)C(O)C1C=CC=CC1C2=O. The molecule has 3 rings (SSSR count). The lowest BCUT2D eigenvalue weighted by Gasteiger charge is -2.34. The van der Waals surface area contributed by atoms with Crippen LogP contribution >= 0.6 is 0 Å². The van der Waals surface area contributed by atoms with Gasteiger partial charge in [-0.1, -0.05) is 49.1 Å². The Hall–Kier alpha value is -2.79. The predicted octanol–water partition coefficient (Wildman–Crippen LogP) is 3.29. The van der Waals surface area contributed by atoms with Crippen LogP contribution in [0.5, 0.6) is 0 Å². The van der Waals surface area contributed by atoms with E-state index in [1.165, 1.54) is 0 Å². The van der Waals surface area contributed by atoms with Crippen LogP contribution in [0.15, 0.2) is 54.7 Å². The number of fused-ring (bicyclic) bond motifs is 2. The van der Waals surface area contributed by atoms with E-state index >= 15 is 0 Å². The second-order valence-corrected chi connectivity index (χ2v) is 7.34. The van der Waals surface area contributed by atoms with Gasteiger partial charge in [-0.2, -0.15) is 0 Å². The fourth-order valence-corrected chi connectivity index (χ4v) is 3.64. The number of hydrogen-bond donors (Lipinski definition) is 1. The smallest absolute Gasteiger partial charge is 0.333 e. The van der Waals surface area contributed by atoms with Crippen molar-refractivity contribution in [3.63, 3.8) is 0 Å². The van der Waals surface area contributed by atoms with E-state index in [1.807, 2.05) is 24.3 Å². The van der Waals surface area contributed by atoms with E-state index in [-0.39, 0.29) is 36.4 Å². The number of benzene rings is 1. The molecule has 5 heteroatoms. The van der Waals surface area contributed by atoms with Gasteiger partial charge in [-0.3, -0.25) is 9.59 Å². The van der Waals surface area contributed by atoms with Gasteiger partial charge in [0.05, 0.1) is 12.7 Å². The zero-order valence-corrected chi connectivity index (χ0v) is 15.9. The number of aliphatic hydroxyl groups excluding tert-OH is 1. The average Bonchev–Trinajstić information content (AvgIpc) is 2.69. The van der Waals surface area contributed by atoms with Crippen molar-refractivity contribution in [3.8, 4) is 0 Å². The van der Waals surface area contributed by atoms with E-state index in [0.717, 1.165) is 5.56 Å². The lowest BCUT2D eigenvalue weighted by atomic mass is 9.71. The van der Waals surface area contributed by atoms with Crippen LogP contribution in [0.3, 0.4) is 0 Å². The quantitative estimate of drug-likeness (QED) is 0.446. The Labute approximate surface area is 164 Å². The summed E-state index contributed by atoms with van der Waals surface area (Å²) in [4.78, 5) is 36.2. The Morgan fingerprint density at radius 1 is 1.21 bits per heavy atom. The van der Waals surface area contributed by atoms with Gasteiger partial charge in [-0.05, 0) is 24.5 Å². The van der Waals surface area contributed by atoms with Crippen LogP contribution < -0.4 is 0 Å². The van der Waals surface area contributed by atoms with Crippen LogP contribution in [0.2, 0.25) is 0 Å². The first-order chi connectivity index (χ1) is 13.4. The molecule has 28 heavy (non-hydrogen) atoms. The first-order valence-electron chi connectivity index (χ1n) is 9.43. The minimum absolute atomic E-state index is 0.00287. The van der Waals surface area contributed by atoms with E-state index in [4.69, 9.17) is 4.74 Å². The summed E-state index contributed by atoms with van der Waals surface area (Å²) in [6, 6.07) is 5.24. The van der Waals surface area contributed by atoms with Crippen molar-refractivity contribution in [2.24, 2.45) is 11.8 Å². The zero-order chi connectivity index (χ0) is 20.3. The maximum atomic E-state index is 12.7. The minimum Gasteiger partial charge on any atom is -0.462 e. The number of hydrogen-bond acceptors (Lipinski definition) is 5. The molecule has 0 aliphatic heterocycles. The van der Waals surface area contributed by atoms with Crippen molar-refractivity contribution < 1.29 is 24.2 Å². The molecule has 0 bridgehead atoms. The highest BCUT2D eigenvalue weighted by molar-refractivity contribution is 6.02. The van der Waals surface area contributed by atoms with Crippen LogP contribution in [-0.2, 0) is 20.7 Å². The van der Waals surface area contributed by atoms with Gasteiger partial charge in [0.25, 0.3) is 0 Å². The molecule has 146 valence electrons. The standard InChI is InChI=1S/C23H24O5/c1-14(2)23(27)28-11-5-6-16(24)12-15-9-10-19-20(13-15)22(26)18-8-4-3-7-17(18)21(19)25/h3-4,7-10,13,17-18,22,26H,1,5-6,11-12H2,2H3. The van der Waals surface area contributed by atoms with Crippen LogP contribution in [-0.4, -0.2) is 29.2 Å². The van der Waals surface area contributed by atoms with E-state index in [2.05, 4.69) is 6.58 Å². The monoisotopic (exact) mass is 380 g/mol. The molecule has 0 aromatic heterocycles. The third kappa shape index (κ3) is 4.20. The lowest BCUT2D eigenvalue weighted by Crippen LogP contribution is -2.33. The molecule has 0 saturated heterocycles. The Bertz CT molecular complexity index is 877. The Morgan fingerprint density at radius 3 is 2.71 bits per heavy atom. The van der Waals surface area contributed by atoms with Gasteiger partial charge in [0, 0.05) is 35.8 Å². The average molecular weight is 380 g/mol. The van der Waals surface area contributed by atoms with E-state index in [0.29, 0.717) is 29.5 Å². The molecule has 3 atom stereocenters. The minimum atomic E-state index is -0.768. The van der Waals surface area contributed by atoms with Crippen molar-refractivity contribution in [2.45, 2.75) is 32.3 Å². The Kier molecular flexibility index (Phi) is 6.05. The number of carbonyl (C=O) groups excluding carboxylic acids is 3.